The molecular weight excluding hydrogens is 757 g/mol. The highest BCUT2D eigenvalue weighted by Crippen LogP contribution is 2.42. The SMILES string of the molecule is c1ccc(-c2cc(-c3ccc(-c4cccc5oc6ccccc6c45)cc3)nc(-c3ccc(-c4c(-c5ccccc5)nn5c(-c6ccccc6)cc6ccccc6c45)cc3)n2)cc1. The highest BCUT2D eigenvalue weighted by Gasteiger charge is 2.22. The fourth-order valence-electron chi connectivity index (χ4n) is 8.88. The second-order valence-corrected chi connectivity index (χ2v) is 15.6. The molecule has 8 aromatic carbocycles. The number of aromatic nitrogens is 4. The molecule has 0 spiro atoms. The standard InChI is InChI=1S/C57H36N4O/c1-4-15-38(16-5-1)48-36-49(39-29-27-37(28-30-39)45-24-14-26-52-54(45)47-23-12-13-25-51(47)62-52)59-57(58-48)43-33-31-41(32-34-43)53-55(42-19-8-3-9-20-42)60-61-50(40-17-6-2-7-18-40)35-44-21-10-11-22-46(44)56(53)61/h1-36H. The fraction of sp³-hybridized carbons (Fsp3) is 0. The van der Waals surface area contributed by atoms with Crippen LogP contribution in [0.1, 0.15) is 0 Å². The van der Waals surface area contributed by atoms with E-state index in [0.29, 0.717) is 5.82 Å². The van der Waals surface area contributed by atoms with Gasteiger partial charge in [-0.25, -0.2) is 14.5 Å². The summed E-state index contributed by atoms with van der Waals surface area (Å²) in [5.41, 5.74) is 16.1. The number of benzene rings is 8. The molecule has 0 aliphatic rings. The highest BCUT2D eigenvalue weighted by molar-refractivity contribution is 6.12. The minimum Gasteiger partial charge on any atom is -0.456 e. The Morgan fingerprint density at radius 2 is 0.935 bits per heavy atom. The molecule has 290 valence electrons. The topological polar surface area (TPSA) is 56.2 Å². The number of rotatable bonds is 7. The first kappa shape index (κ1) is 35.5. The van der Waals surface area contributed by atoms with Crippen LogP contribution in [0.5, 0.6) is 0 Å². The largest absolute Gasteiger partial charge is 0.456 e. The summed E-state index contributed by atoms with van der Waals surface area (Å²) < 4.78 is 8.34. The van der Waals surface area contributed by atoms with Crippen LogP contribution in [-0.4, -0.2) is 19.6 Å². The van der Waals surface area contributed by atoms with Crippen LogP contribution < -0.4 is 0 Å². The van der Waals surface area contributed by atoms with Crippen molar-refractivity contribution in [3.8, 4) is 78.7 Å². The van der Waals surface area contributed by atoms with E-state index in [9.17, 15) is 0 Å². The Morgan fingerprint density at radius 1 is 0.387 bits per heavy atom. The number of furan rings is 1. The van der Waals surface area contributed by atoms with Crippen molar-refractivity contribution in [1.29, 1.82) is 0 Å². The Morgan fingerprint density at radius 3 is 1.66 bits per heavy atom. The molecule has 0 amide bonds. The van der Waals surface area contributed by atoms with Gasteiger partial charge in [-0.05, 0) is 46.3 Å². The van der Waals surface area contributed by atoms with Crippen LogP contribution in [0, 0.1) is 0 Å². The van der Waals surface area contributed by atoms with E-state index in [1.54, 1.807) is 0 Å². The minimum atomic E-state index is 0.659. The Labute approximate surface area is 357 Å². The Hall–Kier alpha value is -8.41. The number of pyridine rings is 1. The zero-order chi connectivity index (χ0) is 41.0. The van der Waals surface area contributed by atoms with E-state index in [4.69, 9.17) is 19.5 Å². The van der Waals surface area contributed by atoms with Gasteiger partial charge in [0.25, 0.3) is 0 Å². The minimum absolute atomic E-state index is 0.659. The van der Waals surface area contributed by atoms with Crippen molar-refractivity contribution >= 4 is 38.2 Å². The predicted octanol–water partition coefficient (Wildman–Crippen LogP) is 14.8. The lowest BCUT2D eigenvalue weighted by atomic mass is 9.96. The van der Waals surface area contributed by atoms with Crippen LogP contribution in [0.15, 0.2) is 223 Å². The average molecular weight is 793 g/mol. The molecule has 12 aromatic rings. The molecule has 62 heavy (non-hydrogen) atoms. The van der Waals surface area contributed by atoms with Gasteiger partial charge >= 0.3 is 0 Å². The molecule has 0 N–H and O–H groups in total. The molecule has 5 heteroatoms. The van der Waals surface area contributed by atoms with Crippen molar-refractivity contribution in [2.45, 2.75) is 0 Å². The molecule has 0 fully saturated rings. The number of hydrogen-bond acceptors (Lipinski definition) is 4. The molecule has 4 heterocycles. The van der Waals surface area contributed by atoms with Crippen molar-refractivity contribution in [3.63, 3.8) is 0 Å². The van der Waals surface area contributed by atoms with E-state index < -0.39 is 0 Å². The molecule has 0 atom stereocenters. The van der Waals surface area contributed by atoms with Crippen LogP contribution in [-0.2, 0) is 0 Å². The van der Waals surface area contributed by atoms with Gasteiger partial charge in [-0.3, -0.25) is 0 Å². The molecule has 0 aliphatic carbocycles. The van der Waals surface area contributed by atoms with Crippen LogP contribution in [0.3, 0.4) is 0 Å². The van der Waals surface area contributed by atoms with E-state index in [-0.39, 0.29) is 0 Å². The summed E-state index contributed by atoms with van der Waals surface area (Å²) in [4.78, 5) is 10.4. The van der Waals surface area contributed by atoms with Gasteiger partial charge in [-0.15, -0.1) is 0 Å². The molecule has 0 aliphatic heterocycles. The molecule has 4 aromatic heterocycles. The Kier molecular flexibility index (Phi) is 8.42. The lowest BCUT2D eigenvalue weighted by molar-refractivity contribution is 0.669. The first-order valence-corrected chi connectivity index (χ1v) is 20.9. The second kappa shape index (κ2) is 14.7. The van der Waals surface area contributed by atoms with Gasteiger partial charge in [-0.2, -0.15) is 5.10 Å². The second-order valence-electron chi connectivity index (χ2n) is 15.6. The zero-order valence-electron chi connectivity index (χ0n) is 33.5. The van der Waals surface area contributed by atoms with Gasteiger partial charge in [0.15, 0.2) is 5.82 Å². The van der Waals surface area contributed by atoms with Gasteiger partial charge in [0.05, 0.1) is 22.6 Å². The van der Waals surface area contributed by atoms with Crippen LogP contribution in [0.2, 0.25) is 0 Å². The maximum Gasteiger partial charge on any atom is 0.160 e. The van der Waals surface area contributed by atoms with Crippen molar-refractivity contribution in [2.24, 2.45) is 0 Å². The van der Waals surface area contributed by atoms with Gasteiger partial charge in [0, 0.05) is 49.5 Å². The molecular formula is C57H36N4O. The summed E-state index contributed by atoms with van der Waals surface area (Å²) in [5, 5.41) is 9.94. The first-order chi connectivity index (χ1) is 30.7. The zero-order valence-corrected chi connectivity index (χ0v) is 33.5. The van der Waals surface area contributed by atoms with Gasteiger partial charge in [0.1, 0.15) is 16.9 Å². The number of nitrogens with zero attached hydrogens (tertiary/aromatic N) is 4. The van der Waals surface area contributed by atoms with Crippen molar-refractivity contribution in [3.05, 3.63) is 218 Å². The Bertz CT molecular complexity index is 3590. The molecule has 0 bridgehead atoms. The van der Waals surface area contributed by atoms with Gasteiger partial charge in [0.2, 0.25) is 0 Å². The van der Waals surface area contributed by atoms with E-state index in [0.717, 1.165) is 111 Å². The molecule has 5 nitrogen and oxygen atoms in total. The fourth-order valence-corrected chi connectivity index (χ4v) is 8.88. The van der Waals surface area contributed by atoms with Crippen LogP contribution >= 0.6 is 0 Å². The van der Waals surface area contributed by atoms with Crippen LogP contribution in [0.25, 0.3) is 117 Å². The third-order valence-electron chi connectivity index (χ3n) is 11.9. The molecule has 0 saturated heterocycles. The number of fused-ring (bicyclic) bond motifs is 6. The maximum absolute atomic E-state index is 6.21. The molecule has 0 radical (unpaired) electrons. The van der Waals surface area contributed by atoms with E-state index in [1.165, 1.54) is 0 Å². The summed E-state index contributed by atoms with van der Waals surface area (Å²) in [7, 11) is 0. The average Bonchev–Trinajstić information content (AvgIpc) is 3.95. The number of hydrogen-bond donors (Lipinski definition) is 0. The Balaban J connectivity index is 0.988. The first-order valence-electron chi connectivity index (χ1n) is 20.9. The van der Waals surface area contributed by atoms with E-state index in [1.807, 2.05) is 42.5 Å². The predicted molar refractivity (Wildman–Crippen MR) is 254 cm³/mol. The van der Waals surface area contributed by atoms with Crippen molar-refractivity contribution in [1.82, 2.24) is 19.6 Å². The molecule has 0 saturated carbocycles. The van der Waals surface area contributed by atoms with Gasteiger partial charge < -0.3 is 4.42 Å². The smallest absolute Gasteiger partial charge is 0.160 e. The van der Waals surface area contributed by atoms with Crippen LogP contribution in [0.4, 0.5) is 0 Å². The summed E-state index contributed by atoms with van der Waals surface area (Å²) in [6, 6.07) is 76.1. The highest BCUT2D eigenvalue weighted by atomic mass is 16.3. The van der Waals surface area contributed by atoms with E-state index in [2.05, 4.69) is 180 Å². The summed E-state index contributed by atoms with van der Waals surface area (Å²) >= 11 is 0. The molecule has 12 rings (SSSR count). The summed E-state index contributed by atoms with van der Waals surface area (Å²) in [5.74, 6) is 0.659. The summed E-state index contributed by atoms with van der Waals surface area (Å²) in [6.07, 6.45) is 0. The quantitative estimate of drug-likeness (QED) is 0.161. The lowest BCUT2D eigenvalue weighted by Crippen LogP contribution is -1.96. The third-order valence-corrected chi connectivity index (χ3v) is 11.9. The summed E-state index contributed by atoms with van der Waals surface area (Å²) in [6.45, 7) is 0. The third kappa shape index (κ3) is 6.06. The monoisotopic (exact) mass is 792 g/mol. The normalized spacial score (nSPS) is 11.5. The number of para-hydroxylation sites is 1. The molecule has 0 unspecified atom stereocenters. The lowest BCUT2D eigenvalue weighted by Gasteiger charge is -2.12. The maximum atomic E-state index is 6.21. The van der Waals surface area contributed by atoms with Crippen molar-refractivity contribution < 1.29 is 4.42 Å². The van der Waals surface area contributed by atoms with Crippen molar-refractivity contribution in [2.75, 3.05) is 0 Å². The van der Waals surface area contributed by atoms with Gasteiger partial charge in [-0.1, -0.05) is 194 Å². The van der Waals surface area contributed by atoms with E-state index >= 15 is 0 Å².